The summed E-state index contributed by atoms with van der Waals surface area (Å²) in [4.78, 5) is 0. The molecule has 1 saturated carbocycles. The van der Waals surface area contributed by atoms with Crippen LogP contribution in [0.3, 0.4) is 0 Å². The Labute approximate surface area is 117 Å². The van der Waals surface area contributed by atoms with Crippen LogP contribution in [0, 0.1) is 6.92 Å². The number of hydrogen-bond donors (Lipinski definition) is 1. The normalized spacial score (nSPS) is 16.5. The fraction of sp³-hybridized carbons (Fsp3) is 0.647. The number of para-hydroxylation sites is 1. The van der Waals surface area contributed by atoms with E-state index in [-0.39, 0.29) is 0 Å². The molecule has 1 aromatic rings. The molecule has 2 nitrogen and oxygen atoms in total. The molecule has 0 aromatic heterocycles. The highest BCUT2D eigenvalue weighted by Gasteiger charge is 2.11. The molecule has 2 heteroatoms. The van der Waals surface area contributed by atoms with E-state index in [1.165, 1.54) is 44.1 Å². The highest BCUT2D eigenvalue weighted by molar-refractivity contribution is 5.31. The Morgan fingerprint density at radius 3 is 2.68 bits per heavy atom. The number of hydrogen-bond acceptors (Lipinski definition) is 2. The molecule has 1 aliphatic rings. The molecule has 0 amide bonds. The standard InChI is InChI=1S/C17H27NO/c1-15-9-5-6-12-17(15)19-14-8-7-13-18-16-10-3-2-4-11-16/h5-6,9,12,16,18H,2-4,7-8,10-11,13-14H2,1H3. The SMILES string of the molecule is Cc1ccccc1OCCCCNC1CCCCC1. The molecule has 1 aromatic carbocycles. The number of aryl methyl sites for hydroxylation is 1. The van der Waals surface area contributed by atoms with Gasteiger partial charge in [0.15, 0.2) is 0 Å². The van der Waals surface area contributed by atoms with Gasteiger partial charge in [0.1, 0.15) is 5.75 Å². The van der Waals surface area contributed by atoms with Crippen molar-refractivity contribution in [2.24, 2.45) is 0 Å². The summed E-state index contributed by atoms with van der Waals surface area (Å²) in [6.45, 7) is 4.07. The van der Waals surface area contributed by atoms with Gasteiger partial charge in [-0.1, -0.05) is 37.5 Å². The second kappa shape index (κ2) is 8.21. The van der Waals surface area contributed by atoms with Gasteiger partial charge in [0.25, 0.3) is 0 Å². The molecule has 0 unspecified atom stereocenters. The fourth-order valence-corrected chi connectivity index (χ4v) is 2.74. The Balaban J connectivity index is 1.51. The largest absolute Gasteiger partial charge is 0.493 e. The van der Waals surface area contributed by atoms with Crippen molar-refractivity contribution in [2.75, 3.05) is 13.2 Å². The molecule has 1 aliphatic carbocycles. The summed E-state index contributed by atoms with van der Waals surface area (Å²) in [6.07, 6.45) is 9.35. The van der Waals surface area contributed by atoms with Gasteiger partial charge in [-0.15, -0.1) is 0 Å². The van der Waals surface area contributed by atoms with Gasteiger partial charge in [0.05, 0.1) is 6.61 Å². The number of unbranched alkanes of at least 4 members (excludes halogenated alkanes) is 1. The summed E-state index contributed by atoms with van der Waals surface area (Å²) in [6, 6.07) is 9.02. The molecule has 106 valence electrons. The van der Waals surface area contributed by atoms with E-state index in [1.807, 2.05) is 6.07 Å². The summed E-state index contributed by atoms with van der Waals surface area (Å²) in [5.74, 6) is 1.03. The van der Waals surface area contributed by atoms with Crippen molar-refractivity contribution in [3.8, 4) is 5.75 Å². The fourth-order valence-electron chi connectivity index (χ4n) is 2.74. The van der Waals surface area contributed by atoms with Crippen LogP contribution in [-0.2, 0) is 0 Å². The highest BCUT2D eigenvalue weighted by Crippen LogP contribution is 2.18. The number of nitrogens with one attached hydrogen (secondary N) is 1. The van der Waals surface area contributed by atoms with E-state index < -0.39 is 0 Å². The molecule has 0 radical (unpaired) electrons. The molecule has 0 aliphatic heterocycles. The summed E-state index contributed by atoms with van der Waals surface area (Å²) in [5.41, 5.74) is 1.22. The predicted octanol–water partition coefficient (Wildman–Crippen LogP) is 4.08. The first-order chi connectivity index (χ1) is 9.36. The minimum Gasteiger partial charge on any atom is -0.493 e. The predicted molar refractivity (Wildman–Crippen MR) is 80.8 cm³/mol. The van der Waals surface area contributed by atoms with Gasteiger partial charge < -0.3 is 10.1 Å². The lowest BCUT2D eigenvalue weighted by Crippen LogP contribution is -2.31. The van der Waals surface area contributed by atoms with Crippen LogP contribution in [0.4, 0.5) is 0 Å². The van der Waals surface area contributed by atoms with Crippen LogP contribution in [0.25, 0.3) is 0 Å². The van der Waals surface area contributed by atoms with Crippen molar-refractivity contribution in [3.05, 3.63) is 29.8 Å². The van der Waals surface area contributed by atoms with Gasteiger partial charge in [0, 0.05) is 6.04 Å². The van der Waals surface area contributed by atoms with E-state index >= 15 is 0 Å². The van der Waals surface area contributed by atoms with Gasteiger partial charge in [-0.3, -0.25) is 0 Å². The van der Waals surface area contributed by atoms with Crippen molar-refractivity contribution in [1.29, 1.82) is 0 Å². The molecule has 0 atom stereocenters. The van der Waals surface area contributed by atoms with Gasteiger partial charge in [-0.25, -0.2) is 0 Å². The molecule has 1 fully saturated rings. The zero-order chi connectivity index (χ0) is 13.3. The van der Waals surface area contributed by atoms with Crippen molar-refractivity contribution in [3.63, 3.8) is 0 Å². The third-order valence-electron chi connectivity index (χ3n) is 3.96. The van der Waals surface area contributed by atoms with E-state index in [4.69, 9.17) is 4.74 Å². The zero-order valence-corrected chi connectivity index (χ0v) is 12.2. The Bertz CT molecular complexity index is 358. The van der Waals surface area contributed by atoms with E-state index in [0.717, 1.165) is 31.4 Å². The van der Waals surface area contributed by atoms with E-state index in [0.29, 0.717) is 0 Å². The molecule has 0 spiro atoms. The quantitative estimate of drug-likeness (QED) is 0.747. The van der Waals surface area contributed by atoms with Gasteiger partial charge >= 0.3 is 0 Å². The molecule has 1 N–H and O–H groups in total. The Morgan fingerprint density at radius 2 is 1.89 bits per heavy atom. The van der Waals surface area contributed by atoms with Crippen LogP contribution in [-0.4, -0.2) is 19.2 Å². The Morgan fingerprint density at radius 1 is 1.11 bits per heavy atom. The number of ether oxygens (including phenoxy) is 1. The lowest BCUT2D eigenvalue weighted by molar-refractivity contribution is 0.299. The highest BCUT2D eigenvalue weighted by atomic mass is 16.5. The third kappa shape index (κ3) is 5.23. The minimum absolute atomic E-state index is 0.783. The van der Waals surface area contributed by atoms with Gasteiger partial charge in [-0.05, 0) is 50.8 Å². The monoisotopic (exact) mass is 261 g/mol. The second-order valence-corrected chi connectivity index (χ2v) is 5.61. The molecular formula is C17H27NO. The number of rotatable bonds is 7. The van der Waals surface area contributed by atoms with Crippen LogP contribution < -0.4 is 10.1 Å². The molecule has 0 saturated heterocycles. The molecule has 0 heterocycles. The van der Waals surface area contributed by atoms with E-state index in [9.17, 15) is 0 Å². The van der Waals surface area contributed by atoms with Gasteiger partial charge in [0.2, 0.25) is 0 Å². The van der Waals surface area contributed by atoms with E-state index in [1.54, 1.807) is 0 Å². The Hall–Kier alpha value is -1.02. The average Bonchev–Trinajstić information content (AvgIpc) is 2.45. The van der Waals surface area contributed by atoms with Crippen LogP contribution in [0.15, 0.2) is 24.3 Å². The lowest BCUT2D eigenvalue weighted by atomic mass is 9.95. The van der Waals surface area contributed by atoms with Crippen molar-refractivity contribution < 1.29 is 4.74 Å². The average molecular weight is 261 g/mol. The van der Waals surface area contributed by atoms with Crippen molar-refractivity contribution in [1.82, 2.24) is 5.32 Å². The summed E-state index contributed by atoms with van der Waals surface area (Å²) >= 11 is 0. The molecule has 0 bridgehead atoms. The smallest absolute Gasteiger partial charge is 0.122 e. The maximum absolute atomic E-state index is 5.80. The molecule has 19 heavy (non-hydrogen) atoms. The summed E-state index contributed by atoms with van der Waals surface area (Å²) in [5, 5.41) is 3.68. The lowest BCUT2D eigenvalue weighted by Gasteiger charge is -2.22. The minimum atomic E-state index is 0.783. The first-order valence-electron chi connectivity index (χ1n) is 7.78. The first-order valence-corrected chi connectivity index (χ1v) is 7.78. The summed E-state index contributed by atoms with van der Waals surface area (Å²) < 4.78 is 5.80. The van der Waals surface area contributed by atoms with Crippen LogP contribution in [0.5, 0.6) is 5.75 Å². The zero-order valence-electron chi connectivity index (χ0n) is 12.2. The van der Waals surface area contributed by atoms with Crippen molar-refractivity contribution in [2.45, 2.75) is 57.9 Å². The van der Waals surface area contributed by atoms with Crippen LogP contribution >= 0.6 is 0 Å². The second-order valence-electron chi connectivity index (χ2n) is 5.61. The molecular weight excluding hydrogens is 234 g/mol. The maximum atomic E-state index is 5.80. The maximum Gasteiger partial charge on any atom is 0.122 e. The first kappa shape index (κ1) is 14.4. The Kier molecular flexibility index (Phi) is 6.22. The van der Waals surface area contributed by atoms with Crippen LogP contribution in [0.1, 0.15) is 50.5 Å². The van der Waals surface area contributed by atoms with Crippen molar-refractivity contribution >= 4 is 0 Å². The third-order valence-corrected chi connectivity index (χ3v) is 3.96. The molecule has 2 rings (SSSR count). The summed E-state index contributed by atoms with van der Waals surface area (Å²) in [7, 11) is 0. The van der Waals surface area contributed by atoms with Gasteiger partial charge in [-0.2, -0.15) is 0 Å². The number of benzene rings is 1. The van der Waals surface area contributed by atoms with E-state index in [2.05, 4.69) is 30.4 Å². The van der Waals surface area contributed by atoms with Crippen LogP contribution in [0.2, 0.25) is 0 Å². The topological polar surface area (TPSA) is 21.3 Å².